The van der Waals surface area contributed by atoms with E-state index in [-0.39, 0.29) is 13.2 Å². The molecule has 7 heteroatoms. The average molecular weight is 322 g/mol. The second-order valence-corrected chi connectivity index (χ2v) is 5.98. The summed E-state index contributed by atoms with van der Waals surface area (Å²) in [7, 11) is -4.35. The van der Waals surface area contributed by atoms with Gasteiger partial charge in [-0.05, 0) is 13.3 Å². The largest absolute Gasteiger partial charge is 0.422 e. The molecule has 0 aliphatic heterocycles. The SMILES string of the molecule is CCCCCCC#COC(COCCOCC)S(=O)(=O)O. The second kappa shape index (κ2) is 12.9. The van der Waals surface area contributed by atoms with Crippen molar-refractivity contribution in [3.05, 3.63) is 0 Å². The van der Waals surface area contributed by atoms with Crippen LogP contribution in [0.5, 0.6) is 0 Å². The molecule has 0 aromatic heterocycles. The van der Waals surface area contributed by atoms with Crippen LogP contribution < -0.4 is 0 Å². The van der Waals surface area contributed by atoms with Crippen LogP contribution in [0, 0.1) is 12.0 Å². The zero-order valence-corrected chi connectivity index (χ0v) is 13.7. The van der Waals surface area contributed by atoms with Crippen molar-refractivity contribution in [2.45, 2.75) is 51.4 Å². The summed E-state index contributed by atoms with van der Waals surface area (Å²) in [6.45, 7) is 4.84. The third kappa shape index (κ3) is 12.6. The van der Waals surface area contributed by atoms with Crippen LogP contribution >= 0.6 is 0 Å². The Morgan fingerprint density at radius 3 is 2.43 bits per heavy atom. The molecule has 1 atom stereocenters. The molecule has 0 rings (SSSR count). The van der Waals surface area contributed by atoms with Crippen molar-refractivity contribution in [3.63, 3.8) is 0 Å². The van der Waals surface area contributed by atoms with Gasteiger partial charge in [-0.1, -0.05) is 32.1 Å². The Bertz CT molecular complexity index is 395. The van der Waals surface area contributed by atoms with Crippen LogP contribution in [-0.4, -0.2) is 44.8 Å². The van der Waals surface area contributed by atoms with Gasteiger partial charge in [-0.15, -0.1) is 0 Å². The number of rotatable bonds is 12. The van der Waals surface area contributed by atoms with Crippen LogP contribution in [0.1, 0.15) is 46.0 Å². The molecule has 0 saturated heterocycles. The first kappa shape index (κ1) is 20.2. The Hall–Kier alpha value is -0.810. The summed E-state index contributed by atoms with van der Waals surface area (Å²) in [5.74, 6) is 2.73. The lowest BCUT2D eigenvalue weighted by molar-refractivity contribution is 0.0253. The van der Waals surface area contributed by atoms with Crippen molar-refractivity contribution >= 4 is 10.1 Å². The third-order valence-corrected chi connectivity index (χ3v) is 3.48. The van der Waals surface area contributed by atoms with E-state index in [1.54, 1.807) is 0 Å². The Kier molecular flexibility index (Phi) is 12.4. The van der Waals surface area contributed by atoms with Crippen LogP contribution in [0.15, 0.2) is 0 Å². The van der Waals surface area contributed by atoms with Crippen molar-refractivity contribution in [2.24, 2.45) is 0 Å². The number of hydrogen-bond acceptors (Lipinski definition) is 5. The monoisotopic (exact) mass is 322 g/mol. The van der Waals surface area contributed by atoms with E-state index in [2.05, 4.69) is 19.0 Å². The predicted molar refractivity (Wildman–Crippen MR) is 80.3 cm³/mol. The standard InChI is InChI=1S/C14H26O6S/c1-3-5-6-7-8-9-10-20-14(21(15,16)17)13-19-12-11-18-4-2/h14H,3-8,11-13H2,1-2H3,(H,15,16,17). The molecule has 0 fully saturated rings. The van der Waals surface area contributed by atoms with Gasteiger partial charge in [-0.3, -0.25) is 4.55 Å². The number of hydrogen-bond donors (Lipinski definition) is 1. The molecule has 21 heavy (non-hydrogen) atoms. The summed E-state index contributed by atoms with van der Waals surface area (Å²) in [4.78, 5) is 0. The Labute approximate surface area is 127 Å². The fraction of sp³-hybridized carbons (Fsp3) is 0.857. The summed E-state index contributed by atoms with van der Waals surface area (Å²) in [5.41, 5.74) is -1.48. The van der Waals surface area contributed by atoms with Gasteiger partial charge in [-0.2, -0.15) is 8.42 Å². The minimum Gasteiger partial charge on any atom is -0.422 e. The van der Waals surface area contributed by atoms with Gasteiger partial charge in [0.15, 0.2) is 0 Å². The van der Waals surface area contributed by atoms with Gasteiger partial charge < -0.3 is 14.2 Å². The molecule has 0 heterocycles. The normalized spacial score (nSPS) is 12.5. The highest BCUT2D eigenvalue weighted by Crippen LogP contribution is 2.03. The van der Waals surface area contributed by atoms with Crippen LogP contribution in [0.25, 0.3) is 0 Å². The summed E-state index contributed by atoms with van der Waals surface area (Å²) in [6, 6.07) is 0. The van der Waals surface area contributed by atoms with E-state index in [0.717, 1.165) is 25.7 Å². The molecule has 0 radical (unpaired) electrons. The molecule has 0 aromatic rings. The van der Waals surface area contributed by atoms with Crippen molar-refractivity contribution in [3.8, 4) is 12.0 Å². The second-order valence-electron chi connectivity index (χ2n) is 4.42. The molecule has 1 N–H and O–H groups in total. The molecule has 124 valence electrons. The summed E-state index contributed by atoms with van der Waals surface area (Å²) >= 11 is 0. The van der Waals surface area contributed by atoms with E-state index in [1.807, 2.05) is 6.92 Å². The highest BCUT2D eigenvalue weighted by atomic mass is 32.2. The Morgan fingerprint density at radius 2 is 1.81 bits per heavy atom. The fourth-order valence-corrected chi connectivity index (χ4v) is 1.86. The minimum absolute atomic E-state index is 0.230. The highest BCUT2D eigenvalue weighted by Gasteiger charge is 2.24. The van der Waals surface area contributed by atoms with Gasteiger partial charge in [0, 0.05) is 13.0 Å². The first-order valence-electron chi connectivity index (χ1n) is 7.27. The van der Waals surface area contributed by atoms with Gasteiger partial charge in [0.25, 0.3) is 5.44 Å². The molecule has 0 amide bonds. The Morgan fingerprint density at radius 1 is 1.10 bits per heavy atom. The maximum absolute atomic E-state index is 11.1. The lowest BCUT2D eigenvalue weighted by Crippen LogP contribution is -2.28. The maximum Gasteiger partial charge on any atom is 0.306 e. The van der Waals surface area contributed by atoms with E-state index < -0.39 is 15.6 Å². The van der Waals surface area contributed by atoms with E-state index in [9.17, 15) is 8.42 Å². The van der Waals surface area contributed by atoms with Crippen LogP contribution in [0.2, 0.25) is 0 Å². The van der Waals surface area contributed by atoms with Crippen LogP contribution in [-0.2, 0) is 24.3 Å². The fourth-order valence-electron chi connectivity index (χ4n) is 1.42. The highest BCUT2D eigenvalue weighted by molar-refractivity contribution is 7.86. The van der Waals surface area contributed by atoms with E-state index >= 15 is 0 Å². The molecular weight excluding hydrogens is 296 g/mol. The van der Waals surface area contributed by atoms with Crippen molar-refractivity contribution < 1.29 is 27.2 Å². The quantitative estimate of drug-likeness (QED) is 0.337. The molecule has 0 spiro atoms. The maximum atomic E-state index is 11.1. The molecule has 0 bridgehead atoms. The van der Waals surface area contributed by atoms with Gasteiger partial charge in [0.05, 0.1) is 13.2 Å². The van der Waals surface area contributed by atoms with Crippen LogP contribution in [0.3, 0.4) is 0 Å². The summed E-state index contributed by atoms with van der Waals surface area (Å²) in [5, 5.41) is 0. The smallest absolute Gasteiger partial charge is 0.306 e. The average Bonchev–Trinajstić information content (AvgIpc) is 2.42. The molecular formula is C14H26O6S. The van der Waals surface area contributed by atoms with Crippen molar-refractivity contribution in [1.29, 1.82) is 0 Å². The molecule has 0 saturated carbocycles. The van der Waals surface area contributed by atoms with Crippen LogP contribution in [0.4, 0.5) is 0 Å². The van der Waals surface area contributed by atoms with E-state index in [1.165, 1.54) is 0 Å². The van der Waals surface area contributed by atoms with Gasteiger partial charge >= 0.3 is 10.1 Å². The van der Waals surface area contributed by atoms with Gasteiger partial charge in [0.1, 0.15) is 12.7 Å². The zero-order chi connectivity index (χ0) is 16.0. The van der Waals surface area contributed by atoms with E-state index in [4.69, 9.17) is 18.8 Å². The van der Waals surface area contributed by atoms with Crippen molar-refractivity contribution in [1.82, 2.24) is 0 Å². The molecule has 0 aliphatic carbocycles. The predicted octanol–water partition coefficient (Wildman–Crippen LogP) is 2.20. The first-order valence-corrected chi connectivity index (χ1v) is 8.78. The Balaban J connectivity index is 4.00. The lowest BCUT2D eigenvalue weighted by atomic mass is 10.2. The van der Waals surface area contributed by atoms with Gasteiger partial charge in [0.2, 0.25) is 0 Å². The third-order valence-electron chi connectivity index (χ3n) is 2.58. The zero-order valence-electron chi connectivity index (χ0n) is 12.8. The van der Waals surface area contributed by atoms with E-state index in [0.29, 0.717) is 19.6 Å². The minimum atomic E-state index is -4.35. The summed E-state index contributed by atoms with van der Waals surface area (Å²) in [6.07, 6.45) is 7.31. The van der Waals surface area contributed by atoms with Gasteiger partial charge in [-0.25, -0.2) is 0 Å². The lowest BCUT2D eigenvalue weighted by Gasteiger charge is -2.12. The molecule has 0 aliphatic rings. The first-order chi connectivity index (χ1) is 10.0. The summed E-state index contributed by atoms with van der Waals surface area (Å²) < 4.78 is 46.2. The molecule has 6 nitrogen and oxygen atoms in total. The number of unbranched alkanes of at least 4 members (excludes halogenated alkanes) is 4. The number of ether oxygens (including phenoxy) is 3. The molecule has 0 aromatic carbocycles. The topological polar surface area (TPSA) is 82.1 Å². The van der Waals surface area contributed by atoms with Crippen molar-refractivity contribution in [2.75, 3.05) is 26.4 Å². The molecule has 1 unspecified atom stereocenters.